The van der Waals surface area contributed by atoms with Crippen LogP contribution in [-0.2, 0) is 0 Å². The predicted molar refractivity (Wildman–Crippen MR) is 97.8 cm³/mol. The van der Waals surface area contributed by atoms with E-state index in [-0.39, 0.29) is 11.4 Å². The molecular weight excluding hydrogens is 336 g/mol. The highest BCUT2D eigenvalue weighted by Gasteiger charge is 1.99. The van der Waals surface area contributed by atoms with Crippen LogP contribution in [0.25, 0.3) is 21.9 Å². The van der Waals surface area contributed by atoms with Gasteiger partial charge >= 0.3 is 11.3 Å². The highest BCUT2D eigenvalue weighted by Crippen LogP contribution is 2.19. The predicted octanol–water partition coefficient (Wildman–Crippen LogP) is 3.69. The van der Waals surface area contributed by atoms with Crippen LogP contribution in [-0.4, -0.2) is 11.7 Å². The lowest BCUT2D eigenvalue weighted by atomic mass is 10.2. The standard InChI is InChI=1S/C11H10O3.C9H6O3/c1-2-13-9-5-3-8-4-6-11(12)14-10(8)7-9;10-7-3-1-6-2-4-9(11)12-8(6)5-7/h3-7H,2H2,1H3;1-5,10H. The van der Waals surface area contributed by atoms with Gasteiger partial charge in [0.05, 0.1) is 6.61 Å². The maximum absolute atomic E-state index is 10.9. The molecule has 0 bridgehead atoms. The van der Waals surface area contributed by atoms with Crippen LogP contribution in [0.5, 0.6) is 11.5 Å². The highest BCUT2D eigenvalue weighted by atomic mass is 16.5. The van der Waals surface area contributed by atoms with Gasteiger partial charge in [-0.15, -0.1) is 0 Å². The van der Waals surface area contributed by atoms with Gasteiger partial charge in [0.15, 0.2) is 0 Å². The Kier molecular flexibility index (Phi) is 5.03. The number of benzene rings is 2. The molecule has 4 aromatic rings. The normalized spacial score (nSPS) is 10.3. The number of aromatic hydroxyl groups is 1. The molecule has 0 amide bonds. The summed E-state index contributed by atoms with van der Waals surface area (Å²) in [6.07, 6.45) is 0. The largest absolute Gasteiger partial charge is 0.508 e. The molecule has 0 atom stereocenters. The number of phenolic OH excluding ortho intramolecular Hbond substituents is 1. The molecule has 0 saturated heterocycles. The van der Waals surface area contributed by atoms with Crippen molar-refractivity contribution in [1.82, 2.24) is 0 Å². The maximum atomic E-state index is 10.9. The number of rotatable bonds is 2. The number of hydrogen-bond donors (Lipinski definition) is 1. The molecule has 0 unspecified atom stereocenters. The summed E-state index contributed by atoms with van der Waals surface area (Å²) in [6.45, 7) is 2.51. The minimum absolute atomic E-state index is 0.0943. The van der Waals surface area contributed by atoms with E-state index in [2.05, 4.69) is 0 Å². The van der Waals surface area contributed by atoms with Crippen molar-refractivity contribution in [1.29, 1.82) is 0 Å². The second-order valence-electron chi connectivity index (χ2n) is 5.36. The number of fused-ring (bicyclic) bond motifs is 2. The summed E-state index contributed by atoms with van der Waals surface area (Å²) in [6, 6.07) is 16.2. The molecule has 2 aromatic carbocycles. The van der Waals surface area contributed by atoms with E-state index in [0.717, 1.165) is 10.8 Å². The second-order valence-corrected chi connectivity index (χ2v) is 5.36. The van der Waals surface area contributed by atoms with Crippen LogP contribution in [0.4, 0.5) is 0 Å². The highest BCUT2D eigenvalue weighted by molar-refractivity contribution is 5.78. The van der Waals surface area contributed by atoms with Gasteiger partial charge in [-0.25, -0.2) is 9.59 Å². The van der Waals surface area contributed by atoms with Crippen LogP contribution in [0.15, 0.2) is 79.1 Å². The SMILES string of the molecule is CCOc1ccc2ccc(=O)oc2c1.O=c1ccc2ccc(O)cc2o1. The van der Waals surface area contributed by atoms with Crippen molar-refractivity contribution in [2.75, 3.05) is 6.61 Å². The summed E-state index contributed by atoms with van der Waals surface area (Å²) in [5.74, 6) is 0.811. The van der Waals surface area contributed by atoms with E-state index >= 15 is 0 Å². The first-order valence-electron chi connectivity index (χ1n) is 7.95. The summed E-state index contributed by atoms with van der Waals surface area (Å²) >= 11 is 0. The Hall–Kier alpha value is -3.54. The summed E-state index contributed by atoms with van der Waals surface area (Å²) in [5, 5.41) is 10.8. The van der Waals surface area contributed by atoms with Crippen molar-refractivity contribution >= 4 is 21.9 Å². The fourth-order valence-corrected chi connectivity index (χ4v) is 2.35. The minimum atomic E-state index is -0.409. The number of hydrogen-bond acceptors (Lipinski definition) is 6. The van der Waals surface area contributed by atoms with E-state index < -0.39 is 5.63 Å². The van der Waals surface area contributed by atoms with E-state index in [1.807, 2.05) is 19.1 Å². The zero-order chi connectivity index (χ0) is 18.5. The monoisotopic (exact) mass is 352 g/mol. The summed E-state index contributed by atoms with van der Waals surface area (Å²) in [4.78, 5) is 21.7. The van der Waals surface area contributed by atoms with Crippen LogP contribution < -0.4 is 16.0 Å². The quantitative estimate of drug-likeness (QED) is 0.553. The lowest BCUT2D eigenvalue weighted by Gasteiger charge is -2.02. The van der Waals surface area contributed by atoms with Crippen molar-refractivity contribution in [3.05, 3.63) is 81.5 Å². The molecule has 6 nitrogen and oxygen atoms in total. The van der Waals surface area contributed by atoms with Crippen molar-refractivity contribution in [3.8, 4) is 11.5 Å². The third-order valence-electron chi connectivity index (χ3n) is 3.51. The molecule has 6 heteroatoms. The molecule has 0 aliphatic heterocycles. The Morgan fingerprint density at radius 3 is 1.96 bits per heavy atom. The van der Waals surface area contributed by atoms with Crippen LogP contribution >= 0.6 is 0 Å². The molecule has 0 fully saturated rings. The molecule has 0 saturated carbocycles. The molecule has 4 rings (SSSR count). The summed E-state index contributed by atoms with van der Waals surface area (Å²) in [5.41, 5.74) is 0.213. The fourth-order valence-electron chi connectivity index (χ4n) is 2.35. The number of ether oxygens (including phenoxy) is 1. The number of phenols is 1. The van der Waals surface area contributed by atoms with E-state index in [1.54, 1.807) is 30.3 Å². The molecule has 0 spiro atoms. The second kappa shape index (κ2) is 7.57. The third kappa shape index (κ3) is 4.10. The van der Waals surface area contributed by atoms with E-state index in [4.69, 9.17) is 18.7 Å². The Morgan fingerprint density at radius 1 is 0.808 bits per heavy atom. The first-order valence-corrected chi connectivity index (χ1v) is 7.95. The van der Waals surface area contributed by atoms with Crippen LogP contribution in [0.3, 0.4) is 0 Å². The molecular formula is C20H16O6. The van der Waals surface area contributed by atoms with E-state index in [1.165, 1.54) is 18.2 Å². The van der Waals surface area contributed by atoms with Crippen LogP contribution in [0.2, 0.25) is 0 Å². The lowest BCUT2D eigenvalue weighted by molar-refractivity contribution is 0.340. The van der Waals surface area contributed by atoms with E-state index in [0.29, 0.717) is 23.5 Å². The smallest absolute Gasteiger partial charge is 0.336 e. The summed E-state index contributed by atoms with van der Waals surface area (Å²) in [7, 11) is 0. The average molecular weight is 352 g/mol. The average Bonchev–Trinajstić information content (AvgIpc) is 2.62. The zero-order valence-corrected chi connectivity index (χ0v) is 14.0. The van der Waals surface area contributed by atoms with Gasteiger partial charge in [0, 0.05) is 35.0 Å². The molecule has 0 aliphatic carbocycles. The van der Waals surface area contributed by atoms with Gasteiger partial charge in [-0.05, 0) is 43.3 Å². The van der Waals surface area contributed by atoms with Crippen molar-refractivity contribution in [2.24, 2.45) is 0 Å². The molecule has 2 heterocycles. The van der Waals surface area contributed by atoms with Gasteiger partial charge < -0.3 is 18.7 Å². The van der Waals surface area contributed by atoms with Gasteiger partial charge in [-0.2, -0.15) is 0 Å². The summed E-state index contributed by atoms with van der Waals surface area (Å²) < 4.78 is 15.1. The van der Waals surface area contributed by atoms with Gasteiger partial charge in [0.1, 0.15) is 22.7 Å². The van der Waals surface area contributed by atoms with Gasteiger partial charge in [-0.3, -0.25) is 0 Å². The Morgan fingerprint density at radius 2 is 1.35 bits per heavy atom. The zero-order valence-electron chi connectivity index (χ0n) is 14.0. The van der Waals surface area contributed by atoms with Crippen LogP contribution in [0.1, 0.15) is 6.92 Å². The molecule has 0 aliphatic rings. The molecule has 1 N–H and O–H groups in total. The van der Waals surface area contributed by atoms with Gasteiger partial charge in [0.25, 0.3) is 0 Å². The Balaban J connectivity index is 0.000000152. The first-order chi connectivity index (χ1) is 12.5. The Labute approximate surface area is 147 Å². The maximum Gasteiger partial charge on any atom is 0.336 e. The fraction of sp³-hybridized carbons (Fsp3) is 0.100. The van der Waals surface area contributed by atoms with Crippen molar-refractivity contribution < 1.29 is 18.7 Å². The molecule has 26 heavy (non-hydrogen) atoms. The lowest BCUT2D eigenvalue weighted by Crippen LogP contribution is -1.95. The molecule has 2 aromatic heterocycles. The van der Waals surface area contributed by atoms with Gasteiger partial charge in [0.2, 0.25) is 0 Å². The van der Waals surface area contributed by atoms with Crippen molar-refractivity contribution in [2.45, 2.75) is 6.92 Å². The van der Waals surface area contributed by atoms with Gasteiger partial charge in [-0.1, -0.05) is 0 Å². The van der Waals surface area contributed by atoms with Crippen LogP contribution in [0, 0.1) is 0 Å². The topological polar surface area (TPSA) is 89.9 Å². The minimum Gasteiger partial charge on any atom is -0.508 e. The molecule has 0 radical (unpaired) electrons. The van der Waals surface area contributed by atoms with Crippen molar-refractivity contribution in [3.63, 3.8) is 0 Å². The van der Waals surface area contributed by atoms with E-state index in [9.17, 15) is 9.59 Å². The third-order valence-corrected chi connectivity index (χ3v) is 3.51. The first kappa shape index (κ1) is 17.3. The Bertz CT molecular complexity index is 1160. The molecule has 132 valence electrons.